The van der Waals surface area contributed by atoms with E-state index in [2.05, 4.69) is 46.6 Å². The first-order valence-corrected chi connectivity index (χ1v) is 6.67. The predicted molar refractivity (Wildman–Crippen MR) is 71.6 cm³/mol. The standard InChI is InChI=1S/C14H30N2/c1-7-13(4,5)16(6)14(11-15)10-8-9-12(14,2)3/h7-11,15H2,1-6H3. The minimum atomic E-state index is 0.187. The summed E-state index contributed by atoms with van der Waals surface area (Å²) in [4.78, 5) is 2.56. The van der Waals surface area contributed by atoms with Crippen molar-refractivity contribution in [1.82, 2.24) is 4.90 Å². The van der Waals surface area contributed by atoms with Crippen molar-refractivity contribution in [3.05, 3.63) is 0 Å². The topological polar surface area (TPSA) is 29.3 Å². The van der Waals surface area contributed by atoms with Gasteiger partial charge in [0.2, 0.25) is 0 Å². The molecular weight excluding hydrogens is 196 g/mol. The second kappa shape index (κ2) is 4.30. The van der Waals surface area contributed by atoms with E-state index >= 15 is 0 Å². The summed E-state index contributed by atoms with van der Waals surface area (Å²) in [7, 11) is 2.27. The van der Waals surface area contributed by atoms with Crippen molar-refractivity contribution in [1.29, 1.82) is 0 Å². The molecule has 0 radical (unpaired) electrons. The van der Waals surface area contributed by atoms with Crippen LogP contribution >= 0.6 is 0 Å². The molecule has 1 rings (SSSR count). The average molecular weight is 226 g/mol. The molecule has 1 fully saturated rings. The van der Waals surface area contributed by atoms with Gasteiger partial charge in [0.1, 0.15) is 0 Å². The molecular formula is C14H30N2. The number of hydrogen-bond donors (Lipinski definition) is 1. The maximum atomic E-state index is 6.16. The van der Waals surface area contributed by atoms with E-state index in [1.807, 2.05) is 0 Å². The largest absolute Gasteiger partial charge is 0.329 e. The van der Waals surface area contributed by atoms with E-state index in [1.165, 1.54) is 25.7 Å². The molecule has 0 aromatic carbocycles. The van der Waals surface area contributed by atoms with Crippen molar-refractivity contribution >= 4 is 0 Å². The van der Waals surface area contributed by atoms with Crippen LogP contribution in [-0.4, -0.2) is 29.6 Å². The van der Waals surface area contributed by atoms with Gasteiger partial charge in [0.15, 0.2) is 0 Å². The molecule has 0 saturated heterocycles. The third kappa shape index (κ3) is 1.91. The Morgan fingerprint density at radius 3 is 2.12 bits per heavy atom. The quantitative estimate of drug-likeness (QED) is 0.798. The highest BCUT2D eigenvalue weighted by Gasteiger charge is 2.53. The Hall–Kier alpha value is -0.0800. The summed E-state index contributed by atoms with van der Waals surface area (Å²) in [6.45, 7) is 12.5. The van der Waals surface area contributed by atoms with Gasteiger partial charge in [-0.05, 0) is 45.6 Å². The summed E-state index contributed by atoms with van der Waals surface area (Å²) >= 11 is 0. The van der Waals surface area contributed by atoms with E-state index in [-0.39, 0.29) is 11.1 Å². The van der Waals surface area contributed by atoms with Crippen molar-refractivity contribution in [3.8, 4) is 0 Å². The normalized spacial score (nSPS) is 30.0. The number of hydrogen-bond acceptors (Lipinski definition) is 2. The first-order valence-electron chi connectivity index (χ1n) is 6.67. The van der Waals surface area contributed by atoms with E-state index in [0.717, 1.165) is 6.54 Å². The SMILES string of the molecule is CCC(C)(C)N(C)C1(CN)CCCC1(C)C. The zero-order chi connectivity index (χ0) is 12.6. The highest BCUT2D eigenvalue weighted by Crippen LogP contribution is 2.50. The molecule has 0 aliphatic heterocycles. The molecule has 2 nitrogen and oxygen atoms in total. The van der Waals surface area contributed by atoms with E-state index in [4.69, 9.17) is 5.73 Å². The minimum absolute atomic E-state index is 0.187. The molecule has 1 atom stereocenters. The van der Waals surface area contributed by atoms with Gasteiger partial charge in [-0.2, -0.15) is 0 Å². The molecule has 1 saturated carbocycles. The van der Waals surface area contributed by atoms with Gasteiger partial charge < -0.3 is 5.73 Å². The summed E-state index contributed by atoms with van der Waals surface area (Å²) in [5.74, 6) is 0. The van der Waals surface area contributed by atoms with E-state index in [0.29, 0.717) is 5.41 Å². The third-order valence-electron chi connectivity index (χ3n) is 5.40. The van der Waals surface area contributed by atoms with Crippen LogP contribution < -0.4 is 5.73 Å². The zero-order valence-electron chi connectivity index (χ0n) is 12.1. The van der Waals surface area contributed by atoms with Crippen molar-refractivity contribution in [2.24, 2.45) is 11.1 Å². The van der Waals surface area contributed by atoms with E-state index < -0.39 is 0 Å². The van der Waals surface area contributed by atoms with Gasteiger partial charge in [-0.3, -0.25) is 4.90 Å². The molecule has 0 aromatic rings. The Balaban J connectivity index is 3.06. The average Bonchev–Trinajstić information content (AvgIpc) is 2.53. The lowest BCUT2D eigenvalue weighted by Crippen LogP contribution is -2.64. The molecule has 1 aliphatic carbocycles. The number of rotatable bonds is 4. The van der Waals surface area contributed by atoms with E-state index in [9.17, 15) is 0 Å². The monoisotopic (exact) mass is 226 g/mol. The molecule has 0 heterocycles. The summed E-state index contributed by atoms with van der Waals surface area (Å²) in [5, 5.41) is 0. The van der Waals surface area contributed by atoms with Crippen molar-refractivity contribution in [2.75, 3.05) is 13.6 Å². The summed E-state index contributed by atoms with van der Waals surface area (Å²) in [6, 6.07) is 0. The lowest BCUT2D eigenvalue weighted by atomic mass is 9.72. The second-order valence-corrected chi connectivity index (χ2v) is 6.70. The molecule has 2 heteroatoms. The predicted octanol–water partition coefficient (Wildman–Crippen LogP) is 3.01. The molecule has 1 aliphatic rings. The van der Waals surface area contributed by atoms with Gasteiger partial charge in [-0.15, -0.1) is 0 Å². The lowest BCUT2D eigenvalue weighted by molar-refractivity contribution is -0.0350. The second-order valence-electron chi connectivity index (χ2n) is 6.70. The van der Waals surface area contributed by atoms with Crippen LogP contribution in [0.25, 0.3) is 0 Å². The molecule has 0 amide bonds. The van der Waals surface area contributed by atoms with Gasteiger partial charge >= 0.3 is 0 Å². The molecule has 96 valence electrons. The van der Waals surface area contributed by atoms with Gasteiger partial charge in [-0.25, -0.2) is 0 Å². The molecule has 16 heavy (non-hydrogen) atoms. The number of likely N-dealkylation sites (N-methyl/N-ethyl adjacent to an activating group) is 1. The summed E-state index contributed by atoms with van der Waals surface area (Å²) < 4.78 is 0. The van der Waals surface area contributed by atoms with Crippen molar-refractivity contribution in [2.45, 2.75) is 71.4 Å². The smallest absolute Gasteiger partial charge is 0.0384 e. The molecule has 1 unspecified atom stereocenters. The van der Waals surface area contributed by atoms with Crippen molar-refractivity contribution in [3.63, 3.8) is 0 Å². The Kier molecular flexibility index (Phi) is 3.76. The highest BCUT2D eigenvalue weighted by atomic mass is 15.3. The van der Waals surface area contributed by atoms with Crippen LogP contribution in [0.15, 0.2) is 0 Å². The van der Waals surface area contributed by atoms with Crippen LogP contribution in [0.4, 0.5) is 0 Å². The van der Waals surface area contributed by atoms with Gasteiger partial charge in [0.25, 0.3) is 0 Å². The fourth-order valence-corrected chi connectivity index (χ4v) is 3.35. The lowest BCUT2D eigenvalue weighted by Gasteiger charge is -2.54. The van der Waals surface area contributed by atoms with Gasteiger partial charge in [0.05, 0.1) is 0 Å². The fourth-order valence-electron chi connectivity index (χ4n) is 3.35. The number of nitrogens with zero attached hydrogens (tertiary/aromatic N) is 1. The molecule has 0 bridgehead atoms. The maximum Gasteiger partial charge on any atom is 0.0384 e. The summed E-state index contributed by atoms with van der Waals surface area (Å²) in [6.07, 6.45) is 5.03. The maximum absolute atomic E-state index is 6.16. The Labute approximate surface area is 102 Å². The Morgan fingerprint density at radius 1 is 1.25 bits per heavy atom. The van der Waals surface area contributed by atoms with Crippen LogP contribution in [0, 0.1) is 5.41 Å². The third-order valence-corrected chi connectivity index (χ3v) is 5.40. The summed E-state index contributed by atoms with van der Waals surface area (Å²) in [5.41, 5.74) is 6.92. The van der Waals surface area contributed by atoms with Crippen LogP contribution in [0.5, 0.6) is 0 Å². The number of nitrogens with two attached hydrogens (primary N) is 1. The molecule has 2 N–H and O–H groups in total. The highest BCUT2D eigenvalue weighted by molar-refractivity contribution is 5.09. The molecule has 0 aromatic heterocycles. The first-order chi connectivity index (χ1) is 7.23. The Morgan fingerprint density at radius 2 is 1.81 bits per heavy atom. The van der Waals surface area contributed by atoms with Crippen LogP contribution in [0.1, 0.15) is 60.3 Å². The van der Waals surface area contributed by atoms with Crippen LogP contribution in [0.2, 0.25) is 0 Å². The van der Waals surface area contributed by atoms with Gasteiger partial charge in [0, 0.05) is 17.6 Å². The minimum Gasteiger partial charge on any atom is -0.329 e. The Bertz CT molecular complexity index is 245. The van der Waals surface area contributed by atoms with Crippen LogP contribution in [-0.2, 0) is 0 Å². The molecule has 0 spiro atoms. The van der Waals surface area contributed by atoms with E-state index in [1.54, 1.807) is 0 Å². The first kappa shape index (κ1) is 14.0. The van der Waals surface area contributed by atoms with Gasteiger partial charge in [-0.1, -0.05) is 27.2 Å². The van der Waals surface area contributed by atoms with Crippen molar-refractivity contribution < 1.29 is 0 Å². The zero-order valence-corrected chi connectivity index (χ0v) is 12.1. The van der Waals surface area contributed by atoms with Crippen LogP contribution in [0.3, 0.4) is 0 Å². The fraction of sp³-hybridized carbons (Fsp3) is 1.00.